The van der Waals surface area contributed by atoms with Crippen LogP contribution in [-0.2, 0) is 23.3 Å². The fraction of sp³-hybridized carbons (Fsp3) is 0.316. The lowest BCUT2D eigenvalue weighted by molar-refractivity contribution is 0.155. The van der Waals surface area contributed by atoms with E-state index in [0.717, 1.165) is 24.2 Å². The Morgan fingerprint density at radius 1 is 1.21 bits per heavy atom. The van der Waals surface area contributed by atoms with Gasteiger partial charge >= 0.3 is 6.09 Å². The molecule has 3 rings (SSSR count). The SMILES string of the molecule is CC1(C)NCCc2cc(NC(=O)OCc3ccccc3)ccc21.Cl. The van der Waals surface area contributed by atoms with Crippen LogP contribution in [0.3, 0.4) is 0 Å². The predicted molar refractivity (Wildman–Crippen MR) is 98.7 cm³/mol. The highest BCUT2D eigenvalue weighted by molar-refractivity contribution is 5.85. The molecule has 1 aliphatic heterocycles. The van der Waals surface area contributed by atoms with Crippen molar-refractivity contribution in [2.45, 2.75) is 32.4 Å². The van der Waals surface area contributed by atoms with E-state index in [2.05, 4.69) is 30.5 Å². The van der Waals surface area contributed by atoms with E-state index in [9.17, 15) is 4.79 Å². The molecule has 128 valence electrons. The zero-order valence-electron chi connectivity index (χ0n) is 14.0. The molecule has 2 aromatic carbocycles. The van der Waals surface area contributed by atoms with E-state index < -0.39 is 6.09 Å². The van der Waals surface area contributed by atoms with Crippen LogP contribution in [0.5, 0.6) is 0 Å². The Morgan fingerprint density at radius 3 is 2.71 bits per heavy atom. The monoisotopic (exact) mass is 346 g/mol. The highest BCUT2D eigenvalue weighted by atomic mass is 35.5. The third kappa shape index (κ3) is 4.28. The van der Waals surface area contributed by atoms with E-state index >= 15 is 0 Å². The molecule has 0 bridgehead atoms. The van der Waals surface area contributed by atoms with Gasteiger partial charge in [-0.1, -0.05) is 36.4 Å². The van der Waals surface area contributed by atoms with Crippen molar-refractivity contribution < 1.29 is 9.53 Å². The first kappa shape index (κ1) is 18.3. The second-order valence-corrected chi connectivity index (χ2v) is 6.36. The Bertz CT molecular complexity index is 702. The molecule has 1 amide bonds. The average molecular weight is 347 g/mol. The smallest absolute Gasteiger partial charge is 0.411 e. The van der Waals surface area contributed by atoms with Crippen molar-refractivity contribution in [2.75, 3.05) is 11.9 Å². The molecule has 0 aliphatic carbocycles. The van der Waals surface area contributed by atoms with Gasteiger partial charge in [-0.05, 0) is 55.6 Å². The fourth-order valence-electron chi connectivity index (χ4n) is 2.97. The largest absolute Gasteiger partial charge is 0.444 e. The van der Waals surface area contributed by atoms with Crippen molar-refractivity contribution in [3.63, 3.8) is 0 Å². The van der Waals surface area contributed by atoms with Gasteiger partial charge in [-0.15, -0.1) is 12.4 Å². The van der Waals surface area contributed by atoms with Crippen molar-refractivity contribution in [1.29, 1.82) is 0 Å². The molecule has 0 saturated heterocycles. The van der Waals surface area contributed by atoms with Crippen LogP contribution < -0.4 is 10.6 Å². The van der Waals surface area contributed by atoms with Gasteiger partial charge in [0.15, 0.2) is 0 Å². The zero-order chi connectivity index (χ0) is 16.3. The Labute approximate surface area is 149 Å². The molecule has 1 heterocycles. The van der Waals surface area contributed by atoms with Crippen LogP contribution in [0.1, 0.15) is 30.5 Å². The predicted octanol–water partition coefficient (Wildman–Crippen LogP) is 4.24. The molecule has 5 heteroatoms. The highest BCUT2D eigenvalue weighted by Gasteiger charge is 2.26. The van der Waals surface area contributed by atoms with Gasteiger partial charge in [-0.3, -0.25) is 5.32 Å². The van der Waals surface area contributed by atoms with Gasteiger partial charge in [0.25, 0.3) is 0 Å². The summed E-state index contributed by atoms with van der Waals surface area (Å²) in [6.45, 7) is 5.56. The molecule has 0 spiro atoms. The van der Waals surface area contributed by atoms with E-state index in [1.165, 1.54) is 11.1 Å². The lowest BCUT2D eigenvalue weighted by atomic mass is 9.85. The van der Waals surface area contributed by atoms with Crippen LogP contribution >= 0.6 is 12.4 Å². The number of nitrogens with one attached hydrogen (secondary N) is 2. The molecular formula is C19H23ClN2O2. The zero-order valence-corrected chi connectivity index (χ0v) is 14.8. The molecule has 0 aromatic heterocycles. The van der Waals surface area contributed by atoms with Crippen LogP contribution in [0.4, 0.5) is 10.5 Å². The summed E-state index contributed by atoms with van der Waals surface area (Å²) in [6.07, 6.45) is 0.537. The number of carbonyl (C=O) groups excluding carboxylic acids is 1. The summed E-state index contributed by atoms with van der Waals surface area (Å²) in [7, 11) is 0. The highest BCUT2D eigenvalue weighted by Crippen LogP contribution is 2.29. The van der Waals surface area contributed by atoms with Gasteiger partial charge in [-0.2, -0.15) is 0 Å². The van der Waals surface area contributed by atoms with E-state index in [-0.39, 0.29) is 24.6 Å². The number of fused-ring (bicyclic) bond motifs is 1. The first-order valence-corrected chi connectivity index (χ1v) is 7.91. The van der Waals surface area contributed by atoms with Crippen LogP contribution in [0, 0.1) is 0 Å². The number of anilines is 1. The maximum Gasteiger partial charge on any atom is 0.411 e. The third-order valence-corrected chi connectivity index (χ3v) is 4.20. The minimum Gasteiger partial charge on any atom is -0.444 e. The van der Waals surface area contributed by atoms with Crippen LogP contribution in [0.15, 0.2) is 48.5 Å². The van der Waals surface area contributed by atoms with Gasteiger partial charge in [-0.25, -0.2) is 4.79 Å². The van der Waals surface area contributed by atoms with Crippen molar-refractivity contribution in [3.05, 3.63) is 65.2 Å². The van der Waals surface area contributed by atoms with E-state index in [1.807, 2.05) is 42.5 Å². The number of hydrogen-bond acceptors (Lipinski definition) is 3. The minimum absolute atomic E-state index is 0. The second-order valence-electron chi connectivity index (χ2n) is 6.36. The molecule has 0 saturated carbocycles. The molecule has 2 N–H and O–H groups in total. The number of halogens is 1. The Kier molecular flexibility index (Phi) is 5.86. The summed E-state index contributed by atoms with van der Waals surface area (Å²) in [5.41, 5.74) is 4.28. The van der Waals surface area contributed by atoms with Crippen LogP contribution in [0.25, 0.3) is 0 Å². The minimum atomic E-state index is -0.429. The van der Waals surface area contributed by atoms with E-state index in [0.29, 0.717) is 0 Å². The summed E-state index contributed by atoms with van der Waals surface area (Å²) in [4.78, 5) is 11.9. The van der Waals surface area contributed by atoms with Gasteiger partial charge in [0.2, 0.25) is 0 Å². The number of hydrogen-bond donors (Lipinski definition) is 2. The maximum absolute atomic E-state index is 11.9. The molecule has 0 unspecified atom stereocenters. The maximum atomic E-state index is 11.9. The summed E-state index contributed by atoms with van der Waals surface area (Å²) in [5, 5.41) is 6.31. The van der Waals surface area contributed by atoms with Gasteiger partial charge in [0.1, 0.15) is 6.61 Å². The van der Waals surface area contributed by atoms with Crippen molar-refractivity contribution >= 4 is 24.2 Å². The van der Waals surface area contributed by atoms with E-state index in [4.69, 9.17) is 4.74 Å². The quantitative estimate of drug-likeness (QED) is 0.874. The molecule has 0 atom stereocenters. The lowest BCUT2D eigenvalue weighted by Gasteiger charge is -2.34. The third-order valence-electron chi connectivity index (χ3n) is 4.20. The Morgan fingerprint density at radius 2 is 1.96 bits per heavy atom. The van der Waals surface area contributed by atoms with Gasteiger partial charge in [0, 0.05) is 11.2 Å². The molecule has 24 heavy (non-hydrogen) atoms. The van der Waals surface area contributed by atoms with Crippen molar-refractivity contribution in [3.8, 4) is 0 Å². The summed E-state index contributed by atoms with van der Waals surface area (Å²) in [6, 6.07) is 15.7. The first-order chi connectivity index (χ1) is 11.0. The fourth-order valence-corrected chi connectivity index (χ4v) is 2.97. The van der Waals surface area contributed by atoms with E-state index in [1.54, 1.807) is 0 Å². The first-order valence-electron chi connectivity index (χ1n) is 7.91. The number of benzene rings is 2. The van der Waals surface area contributed by atoms with Crippen LogP contribution in [-0.4, -0.2) is 12.6 Å². The number of rotatable bonds is 3. The summed E-state index contributed by atoms with van der Waals surface area (Å²) < 4.78 is 5.25. The Hall–Kier alpha value is -2.04. The number of carbonyl (C=O) groups is 1. The molecule has 0 radical (unpaired) electrons. The second kappa shape index (κ2) is 7.69. The van der Waals surface area contributed by atoms with Crippen LogP contribution in [0.2, 0.25) is 0 Å². The number of ether oxygens (including phenoxy) is 1. The molecular weight excluding hydrogens is 324 g/mol. The standard InChI is InChI=1S/C19H22N2O2.ClH/c1-19(2)17-9-8-16(12-15(17)10-11-20-19)21-18(22)23-13-14-6-4-3-5-7-14;/h3-9,12,20H,10-11,13H2,1-2H3,(H,21,22);1H. The van der Waals surface area contributed by atoms with Gasteiger partial charge in [0.05, 0.1) is 0 Å². The molecule has 0 fully saturated rings. The van der Waals surface area contributed by atoms with Crippen molar-refractivity contribution in [1.82, 2.24) is 5.32 Å². The number of amides is 1. The topological polar surface area (TPSA) is 50.4 Å². The van der Waals surface area contributed by atoms with Gasteiger partial charge < -0.3 is 10.1 Å². The summed E-state index contributed by atoms with van der Waals surface area (Å²) in [5.74, 6) is 0. The normalized spacial score (nSPS) is 14.9. The summed E-state index contributed by atoms with van der Waals surface area (Å²) >= 11 is 0. The Balaban J connectivity index is 0.00000208. The lowest BCUT2D eigenvalue weighted by Crippen LogP contribution is -2.42. The molecule has 4 nitrogen and oxygen atoms in total. The average Bonchev–Trinajstić information content (AvgIpc) is 2.53. The molecule has 1 aliphatic rings. The molecule has 2 aromatic rings. The van der Waals surface area contributed by atoms with Crippen molar-refractivity contribution in [2.24, 2.45) is 0 Å².